The molecule has 3 aromatic rings. The Hall–Kier alpha value is -2.29. The van der Waals surface area contributed by atoms with Crippen LogP contribution in [0.4, 0.5) is 0 Å². The predicted octanol–water partition coefficient (Wildman–Crippen LogP) is 4.39. The Kier molecular flexibility index (Phi) is 3.65. The van der Waals surface area contributed by atoms with E-state index < -0.39 is 0 Å². The molecule has 0 spiro atoms. The molecule has 3 heteroatoms. The third-order valence-electron chi connectivity index (χ3n) is 3.90. The molecule has 0 aliphatic rings. The molecule has 0 bridgehead atoms. The topological polar surface area (TPSA) is 27.1 Å². The zero-order valence-electron chi connectivity index (χ0n) is 13.6. The van der Waals surface area contributed by atoms with E-state index in [1.807, 2.05) is 24.4 Å². The molecule has 0 aliphatic heterocycles. The zero-order chi connectivity index (χ0) is 15.7. The standard InChI is InChI=1S/C19H22N2O/c1-19(2,3)17-12-15-8-6-10-20-18(15)21(17)13-14-7-5-9-16(11-14)22-4/h5-12H,13H2,1-4H3. The molecule has 2 heterocycles. The van der Waals surface area contributed by atoms with Crippen molar-refractivity contribution in [1.29, 1.82) is 0 Å². The summed E-state index contributed by atoms with van der Waals surface area (Å²) in [6.45, 7) is 7.51. The van der Waals surface area contributed by atoms with Crippen molar-refractivity contribution in [3.8, 4) is 5.75 Å². The van der Waals surface area contributed by atoms with E-state index in [-0.39, 0.29) is 5.41 Å². The highest BCUT2D eigenvalue weighted by Crippen LogP contribution is 2.29. The number of methoxy groups -OCH3 is 1. The van der Waals surface area contributed by atoms with Gasteiger partial charge in [0.05, 0.1) is 7.11 Å². The summed E-state index contributed by atoms with van der Waals surface area (Å²) in [5, 5.41) is 1.19. The second kappa shape index (κ2) is 5.48. The molecule has 22 heavy (non-hydrogen) atoms. The lowest BCUT2D eigenvalue weighted by Gasteiger charge is -2.22. The maximum absolute atomic E-state index is 5.33. The molecule has 2 aromatic heterocycles. The molecule has 0 aliphatic carbocycles. The normalized spacial score (nSPS) is 11.8. The maximum atomic E-state index is 5.33. The van der Waals surface area contributed by atoms with Gasteiger partial charge < -0.3 is 9.30 Å². The number of fused-ring (bicyclic) bond motifs is 1. The first-order valence-corrected chi connectivity index (χ1v) is 7.57. The quantitative estimate of drug-likeness (QED) is 0.716. The average molecular weight is 294 g/mol. The van der Waals surface area contributed by atoms with Crippen molar-refractivity contribution in [1.82, 2.24) is 9.55 Å². The van der Waals surface area contributed by atoms with Gasteiger partial charge in [0, 0.05) is 29.2 Å². The Morgan fingerprint density at radius 2 is 1.91 bits per heavy atom. The van der Waals surface area contributed by atoms with E-state index in [4.69, 9.17) is 4.74 Å². The molecule has 1 aromatic carbocycles. The Balaban J connectivity index is 2.12. The maximum Gasteiger partial charge on any atom is 0.140 e. The monoisotopic (exact) mass is 294 g/mol. The largest absolute Gasteiger partial charge is 0.497 e. The van der Waals surface area contributed by atoms with Crippen LogP contribution in [0.3, 0.4) is 0 Å². The number of ether oxygens (including phenoxy) is 1. The molecule has 0 fully saturated rings. The highest BCUT2D eigenvalue weighted by atomic mass is 16.5. The Labute approximate surface area is 131 Å². The van der Waals surface area contributed by atoms with Crippen LogP contribution in [0.1, 0.15) is 32.0 Å². The molecule has 0 saturated carbocycles. The van der Waals surface area contributed by atoms with Crippen molar-refractivity contribution < 1.29 is 4.74 Å². The van der Waals surface area contributed by atoms with E-state index in [9.17, 15) is 0 Å². The highest BCUT2D eigenvalue weighted by molar-refractivity contribution is 5.77. The molecule has 0 saturated heterocycles. The number of rotatable bonds is 3. The number of pyridine rings is 1. The van der Waals surface area contributed by atoms with Crippen LogP contribution in [0.5, 0.6) is 5.75 Å². The molecular formula is C19H22N2O. The van der Waals surface area contributed by atoms with E-state index in [2.05, 4.69) is 54.6 Å². The number of hydrogen-bond acceptors (Lipinski definition) is 2. The number of benzene rings is 1. The number of nitrogens with zero attached hydrogens (tertiary/aromatic N) is 2. The van der Waals surface area contributed by atoms with Crippen molar-refractivity contribution in [2.45, 2.75) is 32.7 Å². The fourth-order valence-electron chi connectivity index (χ4n) is 2.82. The molecular weight excluding hydrogens is 272 g/mol. The molecule has 114 valence electrons. The van der Waals surface area contributed by atoms with Gasteiger partial charge >= 0.3 is 0 Å². The van der Waals surface area contributed by atoms with Gasteiger partial charge in [0.2, 0.25) is 0 Å². The van der Waals surface area contributed by atoms with Gasteiger partial charge in [-0.15, -0.1) is 0 Å². The molecule has 3 rings (SSSR count). The lowest BCUT2D eigenvalue weighted by Crippen LogP contribution is -2.18. The summed E-state index contributed by atoms with van der Waals surface area (Å²) in [5.74, 6) is 0.888. The molecule has 0 N–H and O–H groups in total. The SMILES string of the molecule is COc1cccc(Cn2c(C(C)(C)C)cc3cccnc32)c1. The number of aromatic nitrogens is 2. The molecule has 0 amide bonds. The third kappa shape index (κ3) is 2.71. The van der Waals surface area contributed by atoms with Crippen molar-refractivity contribution in [2.75, 3.05) is 7.11 Å². The van der Waals surface area contributed by atoms with Crippen molar-refractivity contribution in [3.63, 3.8) is 0 Å². The summed E-state index contributed by atoms with van der Waals surface area (Å²) < 4.78 is 7.64. The molecule has 0 atom stereocenters. The fraction of sp³-hybridized carbons (Fsp3) is 0.316. The van der Waals surface area contributed by atoms with E-state index in [0.717, 1.165) is 17.9 Å². The van der Waals surface area contributed by atoms with E-state index in [0.29, 0.717) is 0 Å². The minimum Gasteiger partial charge on any atom is -0.497 e. The first kappa shape index (κ1) is 14.6. The summed E-state index contributed by atoms with van der Waals surface area (Å²) in [7, 11) is 1.70. The van der Waals surface area contributed by atoms with Crippen molar-refractivity contribution in [2.24, 2.45) is 0 Å². The highest BCUT2D eigenvalue weighted by Gasteiger charge is 2.21. The lowest BCUT2D eigenvalue weighted by molar-refractivity contribution is 0.414. The summed E-state index contributed by atoms with van der Waals surface area (Å²) in [6, 6.07) is 14.6. The second-order valence-electron chi connectivity index (χ2n) is 6.63. The van der Waals surface area contributed by atoms with Gasteiger partial charge in [-0.3, -0.25) is 0 Å². The van der Waals surface area contributed by atoms with Gasteiger partial charge in [0.15, 0.2) is 0 Å². The van der Waals surface area contributed by atoms with E-state index in [1.165, 1.54) is 16.6 Å². The Morgan fingerprint density at radius 1 is 1.09 bits per heavy atom. The smallest absolute Gasteiger partial charge is 0.140 e. The van der Waals surface area contributed by atoms with Gasteiger partial charge in [-0.2, -0.15) is 0 Å². The van der Waals surface area contributed by atoms with Gasteiger partial charge in [-0.25, -0.2) is 4.98 Å². The van der Waals surface area contributed by atoms with Crippen LogP contribution in [0, 0.1) is 0 Å². The number of hydrogen-bond donors (Lipinski definition) is 0. The summed E-state index contributed by atoms with van der Waals surface area (Å²) in [5.41, 5.74) is 3.62. The van der Waals surface area contributed by atoms with Gasteiger partial charge in [-0.1, -0.05) is 32.9 Å². The fourth-order valence-corrected chi connectivity index (χ4v) is 2.82. The summed E-state index contributed by atoms with van der Waals surface area (Å²) in [4.78, 5) is 4.59. The average Bonchev–Trinajstić information content (AvgIpc) is 2.87. The zero-order valence-corrected chi connectivity index (χ0v) is 13.6. The van der Waals surface area contributed by atoms with Crippen LogP contribution >= 0.6 is 0 Å². The van der Waals surface area contributed by atoms with Crippen LogP contribution in [0.25, 0.3) is 11.0 Å². The van der Waals surface area contributed by atoms with Crippen LogP contribution in [0.2, 0.25) is 0 Å². The Morgan fingerprint density at radius 3 is 2.64 bits per heavy atom. The molecule has 3 nitrogen and oxygen atoms in total. The Bertz CT molecular complexity index is 797. The van der Waals surface area contributed by atoms with Crippen LogP contribution in [0.15, 0.2) is 48.7 Å². The third-order valence-corrected chi connectivity index (χ3v) is 3.90. The van der Waals surface area contributed by atoms with Gasteiger partial charge in [0.1, 0.15) is 11.4 Å². The lowest BCUT2D eigenvalue weighted by atomic mass is 9.92. The van der Waals surface area contributed by atoms with Crippen LogP contribution in [-0.4, -0.2) is 16.7 Å². The first-order valence-electron chi connectivity index (χ1n) is 7.57. The minimum atomic E-state index is 0.0690. The summed E-state index contributed by atoms with van der Waals surface area (Å²) >= 11 is 0. The van der Waals surface area contributed by atoms with Crippen molar-refractivity contribution >= 4 is 11.0 Å². The molecule has 0 radical (unpaired) electrons. The predicted molar refractivity (Wildman–Crippen MR) is 90.5 cm³/mol. The van der Waals surface area contributed by atoms with Crippen molar-refractivity contribution in [3.05, 3.63) is 59.9 Å². The first-order chi connectivity index (χ1) is 10.5. The van der Waals surface area contributed by atoms with Crippen LogP contribution < -0.4 is 4.74 Å². The second-order valence-corrected chi connectivity index (χ2v) is 6.63. The van der Waals surface area contributed by atoms with Crippen LogP contribution in [-0.2, 0) is 12.0 Å². The molecule has 0 unspecified atom stereocenters. The van der Waals surface area contributed by atoms with Gasteiger partial charge in [-0.05, 0) is 35.9 Å². The minimum absolute atomic E-state index is 0.0690. The summed E-state index contributed by atoms with van der Waals surface area (Å²) in [6.07, 6.45) is 1.86. The van der Waals surface area contributed by atoms with E-state index >= 15 is 0 Å². The van der Waals surface area contributed by atoms with E-state index in [1.54, 1.807) is 7.11 Å². The van der Waals surface area contributed by atoms with Gasteiger partial charge in [0.25, 0.3) is 0 Å².